The Hall–Kier alpha value is -1.91. The maximum absolute atomic E-state index is 12.8. The van der Waals surface area contributed by atoms with Crippen LogP contribution in [0.25, 0.3) is 0 Å². The highest BCUT2D eigenvalue weighted by atomic mass is 19.1. The molecule has 1 aromatic carbocycles. The molecule has 15 heavy (non-hydrogen) atoms. The summed E-state index contributed by atoms with van der Waals surface area (Å²) in [6.07, 6.45) is 0.126. The van der Waals surface area contributed by atoms with E-state index in [4.69, 9.17) is 5.11 Å². The molecule has 1 amide bonds. The first-order valence-corrected chi connectivity index (χ1v) is 4.30. The summed E-state index contributed by atoms with van der Waals surface area (Å²) in [5.74, 6) is -1.52. The topological polar surface area (TPSA) is 66.4 Å². The lowest BCUT2D eigenvalue weighted by atomic mass is 10.0. The Morgan fingerprint density at radius 3 is 2.87 bits per heavy atom. The van der Waals surface area contributed by atoms with Gasteiger partial charge in [-0.3, -0.25) is 9.59 Å². The first kappa shape index (κ1) is 11.2. The number of carboxylic acid groups (broad SMARTS) is 1. The van der Waals surface area contributed by atoms with E-state index in [0.717, 1.165) is 0 Å². The van der Waals surface area contributed by atoms with E-state index < -0.39 is 17.8 Å². The zero-order chi connectivity index (χ0) is 11.3. The zero-order valence-corrected chi connectivity index (χ0v) is 7.81. The Bertz CT molecular complexity index is 367. The van der Waals surface area contributed by atoms with E-state index in [1.807, 2.05) is 0 Å². The first-order chi connectivity index (χ1) is 7.13. The van der Waals surface area contributed by atoms with E-state index >= 15 is 0 Å². The number of carboxylic acids is 1. The Balaban J connectivity index is 2.87. The Morgan fingerprint density at radius 2 is 2.33 bits per heavy atom. The monoisotopic (exact) mass is 211 g/mol. The van der Waals surface area contributed by atoms with Gasteiger partial charge in [0.25, 0.3) is 0 Å². The number of rotatable bonds is 5. The van der Waals surface area contributed by atoms with Crippen LogP contribution in [0, 0.1) is 5.82 Å². The Morgan fingerprint density at radius 1 is 1.60 bits per heavy atom. The predicted octanol–water partition coefficient (Wildman–Crippen LogP) is 1.09. The van der Waals surface area contributed by atoms with Crippen molar-refractivity contribution in [3.8, 4) is 0 Å². The molecule has 2 N–H and O–H groups in total. The molecule has 0 unspecified atom stereocenters. The van der Waals surface area contributed by atoms with Crippen molar-refractivity contribution in [2.45, 2.75) is 12.5 Å². The van der Waals surface area contributed by atoms with Gasteiger partial charge in [-0.25, -0.2) is 4.39 Å². The molecule has 0 bridgehead atoms. The van der Waals surface area contributed by atoms with Crippen molar-refractivity contribution in [2.24, 2.45) is 0 Å². The molecule has 0 aliphatic rings. The van der Waals surface area contributed by atoms with Gasteiger partial charge in [-0.05, 0) is 17.7 Å². The molecule has 0 saturated heterocycles. The van der Waals surface area contributed by atoms with Gasteiger partial charge >= 0.3 is 5.97 Å². The summed E-state index contributed by atoms with van der Waals surface area (Å²) in [4.78, 5) is 20.8. The number of benzene rings is 1. The highest BCUT2D eigenvalue weighted by molar-refractivity contribution is 5.68. The Kier molecular flexibility index (Phi) is 3.79. The summed E-state index contributed by atoms with van der Waals surface area (Å²) >= 11 is 0. The van der Waals surface area contributed by atoms with E-state index in [-0.39, 0.29) is 6.42 Å². The molecule has 0 aliphatic carbocycles. The second-order valence-electron chi connectivity index (χ2n) is 2.99. The van der Waals surface area contributed by atoms with E-state index in [1.54, 1.807) is 6.07 Å². The smallest absolute Gasteiger partial charge is 0.305 e. The van der Waals surface area contributed by atoms with Crippen LogP contribution in [0.15, 0.2) is 24.3 Å². The molecule has 1 rings (SSSR count). The lowest BCUT2D eigenvalue weighted by Gasteiger charge is -2.13. The second-order valence-corrected chi connectivity index (χ2v) is 2.99. The molecular formula is C10H10FNO3. The molecule has 0 saturated carbocycles. The van der Waals surface area contributed by atoms with Crippen molar-refractivity contribution in [1.29, 1.82) is 0 Å². The summed E-state index contributed by atoms with van der Waals surface area (Å²) in [5, 5.41) is 10.9. The largest absolute Gasteiger partial charge is 0.481 e. The number of hydrogen-bond acceptors (Lipinski definition) is 2. The van der Waals surface area contributed by atoms with Gasteiger partial charge in [0, 0.05) is 0 Å². The maximum atomic E-state index is 12.8. The molecule has 5 heteroatoms. The third-order valence-corrected chi connectivity index (χ3v) is 1.90. The van der Waals surface area contributed by atoms with Gasteiger partial charge in [-0.15, -0.1) is 0 Å². The summed E-state index contributed by atoms with van der Waals surface area (Å²) in [5.41, 5.74) is 0.435. The van der Waals surface area contributed by atoms with Crippen molar-refractivity contribution in [1.82, 2.24) is 5.32 Å². The molecule has 0 heterocycles. The number of nitrogens with one attached hydrogen (secondary N) is 1. The maximum Gasteiger partial charge on any atom is 0.305 e. The van der Waals surface area contributed by atoms with Crippen molar-refractivity contribution in [3.05, 3.63) is 35.6 Å². The van der Waals surface area contributed by atoms with Crippen LogP contribution in [0.2, 0.25) is 0 Å². The van der Waals surface area contributed by atoms with Crippen LogP contribution >= 0.6 is 0 Å². The van der Waals surface area contributed by atoms with Gasteiger partial charge in [0.2, 0.25) is 6.41 Å². The fourth-order valence-corrected chi connectivity index (χ4v) is 1.25. The normalized spacial score (nSPS) is 11.8. The molecule has 80 valence electrons. The fourth-order valence-electron chi connectivity index (χ4n) is 1.25. The van der Waals surface area contributed by atoms with Crippen LogP contribution in [0.4, 0.5) is 4.39 Å². The molecule has 0 radical (unpaired) electrons. The van der Waals surface area contributed by atoms with Crippen LogP contribution < -0.4 is 5.32 Å². The molecule has 0 aliphatic heterocycles. The fraction of sp³-hybridized carbons (Fsp3) is 0.200. The third-order valence-electron chi connectivity index (χ3n) is 1.90. The second kappa shape index (κ2) is 5.09. The van der Waals surface area contributed by atoms with Crippen molar-refractivity contribution in [3.63, 3.8) is 0 Å². The quantitative estimate of drug-likeness (QED) is 0.716. The lowest BCUT2D eigenvalue weighted by molar-refractivity contribution is -0.137. The van der Waals surface area contributed by atoms with Gasteiger partial charge in [-0.2, -0.15) is 0 Å². The average Bonchev–Trinajstić information content (AvgIpc) is 2.16. The molecule has 0 aromatic heterocycles. The summed E-state index contributed by atoms with van der Waals surface area (Å²) < 4.78 is 12.8. The third kappa shape index (κ3) is 3.38. The minimum absolute atomic E-state index is 0.276. The lowest BCUT2D eigenvalue weighted by Crippen LogP contribution is -2.22. The van der Waals surface area contributed by atoms with Crippen LogP contribution in [0.5, 0.6) is 0 Å². The summed E-state index contributed by atoms with van der Waals surface area (Å²) in [6.45, 7) is 0. The number of aliphatic carboxylic acids is 1. The highest BCUT2D eigenvalue weighted by Crippen LogP contribution is 2.17. The molecule has 4 nitrogen and oxygen atoms in total. The number of carbonyl (C=O) groups excluding carboxylic acids is 1. The highest BCUT2D eigenvalue weighted by Gasteiger charge is 2.14. The molecule has 0 spiro atoms. The molecule has 1 atom stereocenters. The zero-order valence-electron chi connectivity index (χ0n) is 7.81. The van der Waals surface area contributed by atoms with E-state index in [9.17, 15) is 14.0 Å². The summed E-state index contributed by atoms with van der Waals surface area (Å²) in [6, 6.07) is 4.78. The van der Waals surface area contributed by atoms with Crippen LogP contribution in [-0.4, -0.2) is 17.5 Å². The average molecular weight is 211 g/mol. The van der Waals surface area contributed by atoms with Crippen molar-refractivity contribution >= 4 is 12.4 Å². The predicted molar refractivity (Wildman–Crippen MR) is 50.6 cm³/mol. The van der Waals surface area contributed by atoms with Gasteiger partial charge in [0.15, 0.2) is 0 Å². The standard InChI is InChI=1S/C10H10FNO3/c11-8-3-1-2-7(4-8)9(12-6-13)5-10(14)15/h1-4,6,9H,5H2,(H,12,13)(H,14,15)/t9-/m1/s1. The number of hydrogen-bond donors (Lipinski definition) is 2. The van der Waals surface area contributed by atoms with Crippen LogP contribution in [-0.2, 0) is 9.59 Å². The molecule has 1 aromatic rings. The van der Waals surface area contributed by atoms with Gasteiger partial charge < -0.3 is 10.4 Å². The van der Waals surface area contributed by atoms with Gasteiger partial charge in [-0.1, -0.05) is 12.1 Å². The molecular weight excluding hydrogens is 201 g/mol. The van der Waals surface area contributed by atoms with Gasteiger partial charge in [0.1, 0.15) is 5.82 Å². The minimum atomic E-state index is -1.06. The van der Waals surface area contributed by atoms with E-state index in [0.29, 0.717) is 12.0 Å². The first-order valence-electron chi connectivity index (χ1n) is 4.30. The number of halogens is 1. The van der Waals surface area contributed by atoms with Crippen LogP contribution in [0.3, 0.4) is 0 Å². The van der Waals surface area contributed by atoms with E-state index in [2.05, 4.69) is 5.32 Å². The van der Waals surface area contributed by atoms with Crippen molar-refractivity contribution in [2.75, 3.05) is 0 Å². The number of amides is 1. The summed E-state index contributed by atoms with van der Waals surface area (Å²) in [7, 11) is 0. The SMILES string of the molecule is O=CN[C@H](CC(=O)O)c1cccc(F)c1. The van der Waals surface area contributed by atoms with Crippen LogP contribution in [0.1, 0.15) is 18.0 Å². The molecule has 0 fully saturated rings. The van der Waals surface area contributed by atoms with Gasteiger partial charge in [0.05, 0.1) is 12.5 Å². The Labute approximate surface area is 85.7 Å². The number of carbonyl (C=O) groups is 2. The van der Waals surface area contributed by atoms with Crippen molar-refractivity contribution < 1.29 is 19.1 Å². The van der Waals surface area contributed by atoms with E-state index in [1.165, 1.54) is 18.2 Å². The minimum Gasteiger partial charge on any atom is -0.481 e.